The normalized spacial score (nSPS) is 15.7. The summed E-state index contributed by atoms with van der Waals surface area (Å²) in [6.07, 6.45) is 1.85. The molecule has 2 aromatic heterocycles. The Balaban J connectivity index is 1.64. The Morgan fingerprint density at radius 1 is 1.50 bits per heavy atom. The highest BCUT2D eigenvalue weighted by Crippen LogP contribution is 2.30. The van der Waals surface area contributed by atoms with Crippen molar-refractivity contribution in [3.05, 3.63) is 38.4 Å². The van der Waals surface area contributed by atoms with Crippen molar-refractivity contribution in [2.75, 3.05) is 20.2 Å². The second-order valence-corrected chi connectivity index (χ2v) is 7.75. The average molecular weight is 378 g/mol. The molecule has 3 rings (SSSR count). The molecule has 6 nitrogen and oxygen atoms in total. The number of amides is 1. The molecule has 0 saturated heterocycles. The summed E-state index contributed by atoms with van der Waals surface area (Å²) in [7, 11) is 1.68. The van der Waals surface area contributed by atoms with E-state index in [9.17, 15) is 4.79 Å². The molecule has 0 unspecified atom stereocenters. The predicted octanol–water partition coefficient (Wildman–Crippen LogP) is 3.07. The molecule has 1 amide bonds. The number of carbonyl (C=O) groups excluding carboxylic acids is 1. The van der Waals surface area contributed by atoms with Crippen molar-refractivity contribution in [2.24, 2.45) is 0 Å². The van der Waals surface area contributed by atoms with Gasteiger partial charge in [-0.05, 0) is 32.3 Å². The standard InChI is InChI=1S/C19H27N3O3S/c1-5-14(24-4)8-20-19(23)17-11-26-18-10-22(7-6-15(17)18)9-16-12(2)21-25-13(16)3/h11,14H,5-10H2,1-4H3,(H,20,23)/t14-/m1/s1. The lowest BCUT2D eigenvalue weighted by Crippen LogP contribution is -2.34. The van der Waals surface area contributed by atoms with Gasteiger partial charge in [0.05, 0.1) is 17.4 Å². The lowest BCUT2D eigenvalue weighted by molar-refractivity contribution is 0.0815. The third-order valence-corrected chi connectivity index (χ3v) is 6.13. The third kappa shape index (κ3) is 4.00. The van der Waals surface area contributed by atoms with Crippen LogP contribution < -0.4 is 5.32 Å². The second kappa shape index (κ2) is 8.33. The minimum absolute atomic E-state index is 0.0113. The SMILES string of the molecule is CC[C@H](CNC(=O)c1csc2c1CCN(Cc1c(C)noc1C)C2)OC. The molecular formula is C19H27N3O3S. The number of hydrogen-bond donors (Lipinski definition) is 1. The highest BCUT2D eigenvalue weighted by molar-refractivity contribution is 7.10. The lowest BCUT2D eigenvalue weighted by atomic mass is 10.0. The molecule has 0 aromatic carbocycles. The molecule has 0 aliphatic carbocycles. The Hall–Kier alpha value is -1.70. The Morgan fingerprint density at radius 3 is 2.96 bits per heavy atom. The zero-order valence-corrected chi connectivity index (χ0v) is 16.7. The summed E-state index contributed by atoms with van der Waals surface area (Å²) in [5.41, 5.74) is 4.16. The van der Waals surface area contributed by atoms with Crippen LogP contribution in [0.25, 0.3) is 0 Å². The van der Waals surface area contributed by atoms with E-state index in [4.69, 9.17) is 9.26 Å². The van der Waals surface area contributed by atoms with Gasteiger partial charge in [0.25, 0.3) is 5.91 Å². The van der Waals surface area contributed by atoms with Crippen LogP contribution in [0.1, 0.15) is 51.2 Å². The van der Waals surface area contributed by atoms with Gasteiger partial charge in [-0.25, -0.2) is 0 Å². The molecule has 0 saturated carbocycles. The number of hydrogen-bond acceptors (Lipinski definition) is 6. The second-order valence-electron chi connectivity index (χ2n) is 6.79. The molecule has 1 aliphatic heterocycles. The van der Waals surface area contributed by atoms with Crippen LogP contribution in [0.3, 0.4) is 0 Å². The van der Waals surface area contributed by atoms with Crippen molar-refractivity contribution < 1.29 is 14.1 Å². The molecule has 1 atom stereocenters. The molecule has 0 bridgehead atoms. The number of methoxy groups -OCH3 is 1. The van der Waals surface area contributed by atoms with Gasteiger partial charge >= 0.3 is 0 Å². The van der Waals surface area contributed by atoms with Crippen molar-refractivity contribution in [1.29, 1.82) is 0 Å². The highest BCUT2D eigenvalue weighted by Gasteiger charge is 2.25. The van der Waals surface area contributed by atoms with Crippen molar-refractivity contribution >= 4 is 17.2 Å². The first-order chi connectivity index (χ1) is 12.5. The Labute approximate surface area is 158 Å². The maximum Gasteiger partial charge on any atom is 0.252 e. The van der Waals surface area contributed by atoms with Crippen molar-refractivity contribution in [2.45, 2.75) is 52.8 Å². The van der Waals surface area contributed by atoms with Crippen LogP contribution in [-0.4, -0.2) is 42.3 Å². The number of nitrogens with zero attached hydrogens (tertiary/aromatic N) is 2. The van der Waals surface area contributed by atoms with E-state index in [-0.39, 0.29) is 12.0 Å². The molecule has 2 aromatic rings. The fraction of sp³-hybridized carbons (Fsp3) is 0.579. The van der Waals surface area contributed by atoms with Gasteiger partial charge in [0.15, 0.2) is 0 Å². The van der Waals surface area contributed by atoms with E-state index in [1.54, 1.807) is 18.4 Å². The number of nitrogens with one attached hydrogen (secondary N) is 1. The van der Waals surface area contributed by atoms with Gasteiger partial charge in [0, 0.05) is 49.1 Å². The van der Waals surface area contributed by atoms with Crippen LogP contribution in [0.4, 0.5) is 0 Å². The van der Waals surface area contributed by atoms with Gasteiger partial charge in [0.2, 0.25) is 0 Å². The number of aryl methyl sites for hydroxylation is 2. The maximum atomic E-state index is 12.5. The number of rotatable bonds is 7. The molecule has 26 heavy (non-hydrogen) atoms. The van der Waals surface area contributed by atoms with Gasteiger partial charge in [-0.15, -0.1) is 11.3 Å². The summed E-state index contributed by atoms with van der Waals surface area (Å²) < 4.78 is 10.6. The molecule has 1 aliphatic rings. The minimum Gasteiger partial charge on any atom is -0.380 e. The van der Waals surface area contributed by atoms with Crippen LogP contribution in [0.2, 0.25) is 0 Å². The van der Waals surface area contributed by atoms with Gasteiger partial charge in [-0.1, -0.05) is 12.1 Å². The fourth-order valence-electron chi connectivity index (χ4n) is 3.35. The Bertz CT molecular complexity index is 745. The van der Waals surface area contributed by atoms with Gasteiger partial charge in [0.1, 0.15) is 5.76 Å². The van der Waals surface area contributed by atoms with Gasteiger partial charge in [-0.3, -0.25) is 9.69 Å². The summed E-state index contributed by atoms with van der Waals surface area (Å²) >= 11 is 1.68. The van der Waals surface area contributed by atoms with E-state index >= 15 is 0 Å². The van der Waals surface area contributed by atoms with Crippen LogP contribution in [0.5, 0.6) is 0 Å². The Morgan fingerprint density at radius 2 is 2.31 bits per heavy atom. The van der Waals surface area contributed by atoms with E-state index in [0.29, 0.717) is 6.54 Å². The van der Waals surface area contributed by atoms with Crippen LogP contribution in [0.15, 0.2) is 9.90 Å². The third-order valence-electron chi connectivity index (χ3n) is 5.11. The quantitative estimate of drug-likeness (QED) is 0.803. The summed E-state index contributed by atoms with van der Waals surface area (Å²) in [6.45, 7) is 9.19. The first kappa shape index (κ1) is 19.1. The number of fused-ring (bicyclic) bond motifs is 1. The van der Waals surface area contributed by atoms with Gasteiger partial charge < -0.3 is 14.6 Å². The Kier molecular flexibility index (Phi) is 6.11. The van der Waals surface area contributed by atoms with E-state index in [1.807, 2.05) is 19.2 Å². The largest absolute Gasteiger partial charge is 0.380 e. The molecule has 1 N–H and O–H groups in total. The monoisotopic (exact) mass is 377 g/mol. The fourth-order valence-corrected chi connectivity index (χ4v) is 4.48. The van der Waals surface area contributed by atoms with Crippen LogP contribution in [-0.2, 0) is 24.2 Å². The predicted molar refractivity (Wildman–Crippen MR) is 102 cm³/mol. The number of aromatic nitrogens is 1. The summed E-state index contributed by atoms with van der Waals surface area (Å²) in [5.74, 6) is 0.903. The van der Waals surface area contributed by atoms with Crippen molar-refractivity contribution in [3.63, 3.8) is 0 Å². The van der Waals surface area contributed by atoms with Crippen molar-refractivity contribution in [1.82, 2.24) is 15.4 Å². The molecule has 7 heteroatoms. The summed E-state index contributed by atoms with van der Waals surface area (Å²) in [4.78, 5) is 16.2. The topological polar surface area (TPSA) is 67.6 Å². The molecule has 0 spiro atoms. The maximum absolute atomic E-state index is 12.5. The summed E-state index contributed by atoms with van der Waals surface area (Å²) in [6, 6.07) is 0. The smallest absolute Gasteiger partial charge is 0.252 e. The van der Waals surface area contributed by atoms with Crippen LogP contribution in [0, 0.1) is 13.8 Å². The number of thiophene rings is 1. The van der Waals surface area contributed by atoms with E-state index in [0.717, 1.165) is 49.5 Å². The molecule has 3 heterocycles. The van der Waals surface area contributed by atoms with E-state index in [1.165, 1.54) is 16.0 Å². The van der Waals surface area contributed by atoms with E-state index in [2.05, 4.69) is 22.3 Å². The number of carbonyl (C=O) groups is 1. The van der Waals surface area contributed by atoms with E-state index < -0.39 is 0 Å². The molecular weight excluding hydrogens is 350 g/mol. The first-order valence-electron chi connectivity index (χ1n) is 9.07. The van der Waals surface area contributed by atoms with Gasteiger partial charge in [-0.2, -0.15) is 0 Å². The average Bonchev–Trinajstić information content (AvgIpc) is 3.20. The highest BCUT2D eigenvalue weighted by atomic mass is 32.1. The zero-order chi connectivity index (χ0) is 18.7. The van der Waals surface area contributed by atoms with Crippen LogP contribution >= 0.6 is 11.3 Å². The number of ether oxygens (including phenoxy) is 1. The lowest BCUT2D eigenvalue weighted by Gasteiger charge is -2.27. The molecule has 142 valence electrons. The summed E-state index contributed by atoms with van der Waals surface area (Å²) in [5, 5.41) is 9.04. The molecule has 0 fully saturated rings. The minimum atomic E-state index is 0.0113. The zero-order valence-electron chi connectivity index (χ0n) is 15.9. The first-order valence-corrected chi connectivity index (χ1v) is 9.95. The van der Waals surface area contributed by atoms with Crippen molar-refractivity contribution in [3.8, 4) is 0 Å². The molecule has 0 radical (unpaired) electrons.